The highest BCUT2D eigenvalue weighted by molar-refractivity contribution is 6.23. The molecular formula is C34H26N2O6. The highest BCUT2D eigenvalue weighted by Gasteiger charge is 2.61. The maximum absolute atomic E-state index is 13.9. The van der Waals surface area contributed by atoms with Crippen molar-refractivity contribution in [3.05, 3.63) is 125 Å². The number of imide groups is 1. The average Bonchev–Trinajstić information content (AvgIpc) is 3.30. The Balaban J connectivity index is 1.07. The minimum Gasteiger partial charge on any atom is -0.497 e. The number of ether oxygens (including phenoxy) is 2. The number of benzene rings is 4. The van der Waals surface area contributed by atoms with Crippen LogP contribution in [0.25, 0.3) is 0 Å². The van der Waals surface area contributed by atoms with Gasteiger partial charge in [-0.25, -0.2) is 9.69 Å². The molecule has 8 nitrogen and oxygen atoms in total. The number of amides is 3. The summed E-state index contributed by atoms with van der Waals surface area (Å²) in [6, 6.07) is 29.1. The summed E-state index contributed by atoms with van der Waals surface area (Å²) < 4.78 is 10.3. The molecule has 1 N–H and O–H groups in total. The monoisotopic (exact) mass is 558 g/mol. The van der Waals surface area contributed by atoms with Crippen LogP contribution in [0.5, 0.6) is 5.75 Å². The number of esters is 1. The Morgan fingerprint density at radius 2 is 1.21 bits per heavy atom. The number of anilines is 2. The first-order chi connectivity index (χ1) is 20.5. The number of nitrogens with one attached hydrogen (secondary N) is 1. The van der Waals surface area contributed by atoms with Gasteiger partial charge in [-0.2, -0.15) is 0 Å². The van der Waals surface area contributed by atoms with Gasteiger partial charge < -0.3 is 14.8 Å². The van der Waals surface area contributed by atoms with Crippen molar-refractivity contribution in [3.63, 3.8) is 0 Å². The van der Waals surface area contributed by atoms with Gasteiger partial charge in [-0.3, -0.25) is 14.4 Å². The van der Waals surface area contributed by atoms with Gasteiger partial charge in [-0.15, -0.1) is 0 Å². The van der Waals surface area contributed by atoms with Crippen molar-refractivity contribution < 1.29 is 28.7 Å². The van der Waals surface area contributed by atoms with Gasteiger partial charge in [0.25, 0.3) is 5.91 Å². The molecule has 0 spiro atoms. The Morgan fingerprint density at radius 1 is 0.714 bits per heavy atom. The van der Waals surface area contributed by atoms with E-state index in [0.717, 1.165) is 22.3 Å². The number of nitrogens with zero attached hydrogens (tertiary/aromatic N) is 1. The zero-order chi connectivity index (χ0) is 29.0. The molecule has 0 unspecified atom stereocenters. The average molecular weight is 559 g/mol. The van der Waals surface area contributed by atoms with Crippen molar-refractivity contribution in [2.75, 3.05) is 23.9 Å². The first-order valence-electron chi connectivity index (χ1n) is 13.7. The molecule has 0 saturated carbocycles. The Labute approximate surface area is 241 Å². The van der Waals surface area contributed by atoms with Crippen LogP contribution in [0.1, 0.15) is 44.4 Å². The Morgan fingerprint density at radius 3 is 1.69 bits per heavy atom. The summed E-state index contributed by atoms with van der Waals surface area (Å²) in [5.41, 5.74) is 5.59. The third-order valence-corrected chi connectivity index (χ3v) is 8.52. The van der Waals surface area contributed by atoms with Crippen molar-refractivity contribution in [1.29, 1.82) is 0 Å². The molecule has 8 heteroatoms. The second-order valence-corrected chi connectivity index (χ2v) is 10.7. The van der Waals surface area contributed by atoms with E-state index < -0.39 is 30.3 Å². The Hall–Kier alpha value is -5.24. The minimum atomic E-state index is -0.692. The van der Waals surface area contributed by atoms with E-state index in [-0.39, 0.29) is 29.2 Å². The fraction of sp³-hybridized carbons (Fsp3) is 0.176. The predicted octanol–water partition coefficient (Wildman–Crippen LogP) is 4.89. The molecule has 3 amide bonds. The van der Waals surface area contributed by atoms with Crippen LogP contribution in [0.3, 0.4) is 0 Å². The van der Waals surface area contributed by atoms with Crippen LogP contribution in [0.2, 0.25) is 0 Å². The second-order valence-electron chi connectivity index (χ2n) is 10.7. The van der Waals surface area contributed by atoms with E-state index in [4.69, 9.17) is 9.47 Å². The van der Waals surface area contributed by atoms with E-state index in [0.29, 0.717) is 17.1 Å². The number of carbonyl (C=O) groups excluding carboxylic acids is 4. The lowest BCUT2D eigenvalue weighted by Crippen LogP contribution is -2.41. The normalized spacial score (nSPS) is 21.3. The highest BCUT2D eigenvalue weighted by Crippen LogP contribution is 2.61. The van der Waals surface area contributed by atoms with E-state index in [1.807, 2.05) is 24.3 Å². The summed E-state index contributed by atoms with van der Waals surface area (Å²) in [4.78, 5) is 54.0. The van der Waals surface area contributed by atoms with Gasteiger partial charge >= 0.3 is 5.97 Å². The lowest BCUT2D eigenvalue weighted by atomic mass is 9.55. The smallest absolute Gasteiger partial charge is 0.338 e. The van der Waals surface area contributed by atoms with Crippen LogP contribution in [0.15, 0.2) is 97.1 Å². The zero-order valence-corrected chi connectivity index (χ0v) is 22.7. The third kappa shape index (κ3) is 3.98. The van der Waals surface area contributed by atoms with E-state index in [9.17, 15) is 19.2 Å². The van der Waals surface area contributed by atoms with Crippen molar-refractivity contribution >= 4 is 35.1 Å². The van der Waals surface area contributed by atoms with Crippen LogP contribution in [0, 0.1) is 11.8 Å². The first kappa shape index (κ1) is 25.7. The SMILES string of the molecule is COc1ccc(NC(=O)COC(=O)c2ccc(N3C(=O)[C@@H]4C5c6ccccc6C(c6ccccc65)[C@@H]4C3=O)cc2)cc1. The second kappa shape index (κ2) is 9.99. The summed E-state index contributed by atoms with van der Waals surface area (Å²) >= 11 is 0. The standard InChI is InChI=1S/C34H26N2O6/c1-41-22-16-12-20(13-17-22)35-27(37)18-42-34(40)19-10-14-21(15-11-19)36-32(38)30-28-23-6-2-3-7-24(23)29(31(30)33(36)39)26-9-5-4-8-25(26)28/h2-17,28-31H,18H2,1H3,(H,35,37)/t28?,29?,30-,31+. The van der Waals surface area contributed by atoms with Gasteiger partial charge in [0.15, 0.2) is 6.61 Å². The molecule has 42 heavy (non-hydrogen) atoms. The third-order valence-electron chi connectivity index (χ3n) is 8.52. The molecule has 4 aromatic rings. The summed E-state index contributed by atoms with van der Waals surface area (Å²) in [5, 5.41) is 2.65. The molecule has 1 saturated heterocycles. The Kier molecular flexibility index (Phi) is 6.12. The summed E-state index contributed by atoms with van der Waals surface area (Å²) in [5.74, 6) is -2.33. The lowest BCUT2D eigenvalue weighted by molar-refractivity contribution is -0.122. The van der Waals surface area contributed by atoms with Crippen molar-refractivity contribution in [2.45, 2.75) is 11.8 Å². The number of carbonyl (C=O) groups is 4. The molecule has 2 bridgehead atoms. The highest BCUT2D eigenvalue weighted by atomic mass is 16.5. The van der Waals surface area contributed by atoms with Gasteiger partial charge in [0, 0.05) is 17.5 Å². The quantitative estimate of drug-likeness (QED) is 0.267. The molecule has 2 atom stereocenters. The molecule has 8 rings (SSSR count). The molecule has 208 valence electrons. The van der Waals surface area contributed by atoms with Crippen molar-refractivity contribution in [2.24, 2.45) is 11.8 Å². The van der Waals surface area contributed by atoms with E-state index in [1.54, 1.807) is 43.5 Å². The lowest BCUT2D eigenvalue weighted by Gasteiger charge is -2.45. The van der Waals surface area contributed by atoms with Crippen LogP contribution in [0.4, 0.5) is 11.4 Å². The minimum absolute atomic E-state index is 0.188. The van der Waals surface area contributed by atoms with Gasteiger partial charge in [0.2, 0.25) is 11.8 Å². The topological polar surface area (TPSA) is 102 Å². The van der Waals surface area contributed by atoms with Crippen molar-refractivity contribution in [3.8, 4) is 5.75 Å². The number of rotatable bonds is 6. The van der Waals surface area contributed by atoms with E-state index in [1.165, 1.54) is 17.0 Å². The molecular weight excluding hydrogens is 532 g/mol. The van der Waals surface area contributed by atoms with E-state index >= 15 is 0 Å². The molecule has 1 fully saturated rings. The Bertz CT molecular complexity index is 1630. The van der Waals surface area contributed by atoms with Gasteiger partial charge in [-0.1, -0.05) is 48.5 Å². The molecule has 4 aliphatic rings. The maximum Gasteiger partial charge on any atom is 0.338 e. The molecule has 1 heterocycles. The molecule has 0 aromatic heterocycles. The molecule has 1 aliphatic heterocycles. The molecule has 0 radical (unpaired) electrons. The fourth-order valence-electron chi connectivity index (χ4n) is 6.76. The fourth-order valence-corrected chi connectivity index (χ4v) is 6.76. The van der Waals surface area contributed by atoms with Crippen molar-refractivity contribution in [1.82, 2.24) is 0 Å². The first-order valence-corrected chi connectivity index (χ1v) is 13.7. The number of hydrogen-bond donors (Lipinski definition) is 1. The van der Waals surface area contributed by atoms with Gasteiger partial charge in [-0.05, 0) is 70.8 Å². The van der Waals surface area contributed by atoms with Crippen LogP contribution in [-0.2, 0) is 19.1 Å². The molecule has 3 aliphatic carbocycles. The zero-order valence-electron chi connectivity index (χ0n) is 22.7. The van der Waals surface area contributed by atoms with Crippen LogP contribution < -0.4 is 15.0 Å². The van der Waals surface area contributed by atoms with Crippen LogP contribution >= 0.6 is 0 Å². The van der Waals surface area contributed by atoms with Gasteiger partial charge in [0.1, 0.15) is 5.75 Å². The molecule has 4 aromatic carbocycles. The maximum atomic E-state index is 13.9. The largest absolute Gasteiger partial charge is 0.497 e. The summed E-state index contributed by atoms with van der Waals surface area (Å²) in [6.45, 7) is -0.469. The predicted molar refractivity (Wildman–Crippen MR) is 154 cm³/mol. The van der Waals surface area contributed by atoms with E-state index in [2.05, 4.69) is 29.6 Å². The summed E-state index contributed by atoms with van der Waals surface area (Å²) in [6.07, 6.45) is 0. The number of methoxy groups -OCH3 is 1. The number of hydrogen-bond acceptors (Lipinski definition) is 6. The van der Waals surface area contributed by atoms with Gasteiger partial charge in [0.05, 0.1) is 30.2 Å². The summed E-state index contributed by atoms with van der Waals surface area (Å²) in [7, 11) is 1.55. The van der Waals surface area contributed by atoms with Crippen LogP contribution in [-0.4, -0.2) is 37.4 Å².